The Hall–Kier alpha value is -1.96. The minimum atomic E-state index is 0.916. The Bertz CT molecular complexity index is 585. The monoisotopic (exact) mass is 268 g/mol. The van der Waals surface area contributed by atoms with E-state index in [4.69, 9.17) is 11.5 Å². The highest BCUT2D eigenvalue weighted by Gasteiger charge is 2.09. The molecular formula is C18H24N2. The number of rotatable bonds is 3. The van der Waals surface area contributed by atoms with Crippen LogP contribution >= 0.6 is 0 Å². The summed E-state index contributed by atoms with van der Waals surface area (Å²) >= 11 is 0. The molecule has 0 heterocycles. The zero-order valence-corrected chi connectivity index (χ0v) is 12.9. The summed E-state index contributed by atoms with van der Waals surface area (Å²) in [5.41, 5.74) is 21.3. The van der Waals surface area contributed by atoms with Crippen LogP contribution in [0.2, 0.25) is 0 Å². The molecule has 106 valence electrons. The van der Waals surface area contributed by atoms with E-state index in [1.54, 1.807) is 0 Å². The highest BCUT2D eigenvalue weighted by Crippen LogP contribution is 2.31. The van der Waals surface area contributed by atoms with Crippen molar-refractivity contribution in [2.75, 3.05) is 11.5 Å². The Balaban J connectivity index is 2.62. The first kappa shape index (κ1) is 14.4. The molecule has 0 bridgehead atoms. The summed E-state index contributed by atoms with van der Waals surface area (Å²) in [7, 11) is 0. The van der Waals surface area contributed by atoms with Crippen molar-refractivity contribution in [1.29, 1.82) is 0 Å². The summed E-state index contributed by atoms with van der Waals surface area (Å²) in [5.74, 6) is 0. The molecule has 0 saturated carbocycles. The lowest BCUT2D eigenvalue weighted by Crippen LogP contribution is -1.99. The zero-order valence-electron chi connectivity index (χ0n) is 12.9. The van der Waals surface area contributed by atoms with Gasteiger partial charge in [-0.25, -0.2) is 0 Å². The quantitative estimate of drug-likeness (QED) is 0.817. The maximum absolute atomic E-state index is 6.13. The second-order valence-electron chi connectivity index (χ2n) is 5.44. The summed E-state index contributed by atoms with van der Waals surface area (Å²) in [6.07, 6.45) is 1.91. The van der Waals surface area contributed by atoms with Gasteiger partial charge in [-0.05, 0) is 84.3 Å². The highest BCUT2D eigenvalue weighted by atomic mass is 14.6. The first-order chi connectivity index (χ1) is 9.47. The number of hydrogen-bond donors (Lipinski definition) is 2. The lowest BCUT2D eigenvalue weighted by molar-refractivity contribution is 1.13. The van der Waals surface area contributed by atoms with Crippen molar-refractivity contribution in [1.82, 2.24) is 0 Å². The van der Waals surface area contributed by atoms with Crippen LogP contribution in [0.1, 0.15) is 36.1 Å². The normalized spacial score (nSPS) is 10.8. The molecule has 2 aromatic rings. The topological polar surface area (TPSA) is 52.0 Å². The van der Waals surface area contributed by atoms with E-state index >= 15 is 0 Å². The van der Waals surface area contributed by atoms with Crippen LogP contribution in [0.3, 0.4) is 0 Å². The lowest BCUT2D eigenvalue weighted by Gasteiger charge is -2.14. The van der Waals surface area contributed by atoms with Gasteiger partial charge in [0.15, 0.2) is 0 Å². The minimum absolute atomic E-state index is 0.916. The van der Waals surface area contributed by atoms with Gasteiger partial charge in [0.1, 0.15) is 0 Å². The van der Waals surface area contributed by atoms with Gasteiger partial charge in [-0.2, -0.15) is 0 Å². The molecule has 0 unspecified atom stereocenters. The smallest absolute Gasteiger partial charge is 0.0376 e. The molecule has 0 aliphatic carbocycles. The number of anilines is 2. The fourth-order valence-electron chi connectivity index (χ4n) is 2.66. The van der Waals surface area contributed by atoms with E-state index in [0.29, 0.717) is 0 Å². The fourth-order valence-corrected chi connectivity index (χ4v) is 2.66. The third-order valence-electron chi connectivity index (χ3n) is 4.04. The van der Waals surface area contributed by atoms with Crippen molar-refractivity contribution in [2.45, 2.75) is 40.5 Å². The molecular weight excluding hydrogens is 244 g/mol. The van der Waals surface area contributed by atoms with E-state index in [1.165, 1.54) is 22.3 Å². The number of benzene rings is 2. The molecule has 4 N–H and O–H groups in total. The molecule has 2 heteroatoms. The number of hydrogen-bond acceptors (Lipinski definition) is 2. The Morgan fingerprint density at radius 2 is 1.05 bits per heavy atom. The third kappa shape index (κ3) is 2.51. The van der Waals surface area contributed by atoms with Crippen molar-refractivity contribution >= 4 is 11.4 Å². The van der Waals surface area contributed by atoms with Crippen LogP contribution in [0, 0.1) is 13.8 Å². The van der Waals surface area contributed by atoms with Crippen molar-refractivity contribution in [3.05, 3.63) is 46.5 Å². The standard InChI is InChI=1S/C18H24N2/c1-5-13-9-15(7-11(3)17(13)19)16-8-12(4)18(20)14(6-2)10-16/h7-10H,5-6,19-20H2,1-4H3. The molecule has 2 aromatic carbocycles. The Kier molecular flexibility index (Phi) is 4.03. The molecule has 2 nitrogen and oxygen atoms in total. The predicted octanol–water partition coefficient (Wildman–Crippen LogP) is 4.26. The first-order valence-electron chi connectivity index (χ1n) is 7.26. The van der Waals surface area contributed by atoms with Crippen LogP contribution in [-0.2, 0) is 12.8 Å². The predicted molar refractivity (Wildman–Crippen MR) is 88.9 cm³/mol. The summed E-state index contributed by atoms with van der Waals surface area (Å²) in [5, 5.41) is 0. The van der Waals surface area contributed by atoms with E-state index in [1.807, 2.05) is 0 Å². The summed E-state index contributed by atoms with van der Waals surface area (Å²) in [6.45, 7) is 8.42. The summed E-state index contributed by atoms with van der Waals surface area (Å²) < 4.78 is 0. The van der Waals surface area contributed by atoms with E-state index in [0.717, 1.165) is 35.3 Å². The molecule has 0 atom stereocenters. The van der Waals surface area contributed by atoms with Crippen LogP contribution in [0.5, 0.6) is 0 Å². The Labute approximate surface area is 121 Å². The van der Waals surface area contributed by atoms with Crippen molar-refractivity contribution in [2.24, 2.45) is 0 Å². The number of nitrogen functional groups attached to an aromatic ring is 2. The summed E-state index contributed by atoms with van der Waals surface area (Å²) in [6, 6.07) is 8.73. The van der Waals surface area contributed by atoms with Crippen molar-refractivity contribution in [3.8, 4) is 11.1 Å². The molecule has 0 amide bonds. The molecule has 0 aromatic heterocycles. The van der Waals surface area contributed by atoms with Gasteiger partial charge in [-0.3, -0.25) is 0 Å². The molecule has 0 aliphatic rings. The van der Waals surface area contributed by atoms with E-state index in [9.17, 15) is 0 Å². The zero-order chi connectivity index (χ0) is 14.9. The van der Waals surface area contributed by atoms with Gasteiger partial charge < -0.3 is 11.5 Å². The number of aryl methyl sites for hydroxylation is 4. The molecule has 0 spiro atoms. The molecule has 0 aliphatic heterocycles. The molecule has 0 fully saturated rings. The average Bonchev–Trinajstić information content (AvgIpc) is 2.44. The third-order valence-corrected chi connectivity index (χ3v) is 4.04. The maximum atomic E-state index is 6.13. The van der Waals surface area contributed by atoms with Gasteiger partial charge >= 0.3 is 0 Å². The van der Waals surface area contributed by atoms with Crippen LogP contribution in [0.15, 0.2) is 24.3 Å². The second-order valence-corrected chi connectivity index (χ2v) is 5.44. The van der Waals surface area contributed by atoms with Gasteiger partial charge in [0, 0.05) is 11.4 Å². The Morgan fingerprint density at radius 1 is 0.700 bits per heavy atom. The van der Waals surface area contributed by atoms with Crippen LogP contribution in [0.25, 0.3) is 11.1 Å². The van der Waals surface area contributed by atoms with Gasteiger partial charge in [0.2, 0.25) is 0 Å². The molecule has 20 heavy (non-hydrogen) atoms. The second kappa shape index (κ2) is 5.58. The van der Waals surface area contributed by atoms with Gasteiger partial charge in [-0.1, -0.05) is 13.8 Å². The van der Waals surface area contributed by atoms with E-state index in [-0.39, 0.29) is 0 Å². The van der Waals surface area contributed by atoms with E-state index < -0.39 is 0 Å². The van der Waals surface area contributed by atoms with Crippen LogP contribution in [-0.4, -0.2) is 0 Å². The van der Waals surface area contributed by atoms with Gasteiger partial charge in [0.25, 0.3) is 0 Å². The SMILES string of the molecule is CCc1cc(-c2cc(C)c(N)c(CC)c2)cc(C)c1N. The minimum Gasteiger partial charge on any atom is -0.398 e. The highest BCUT2D eigenvalue weighted by molar-refractivity contribution is 5.74. The average molecular weight is 268 g/mol. The van der Waals surface area contributed by atoms with Crippen LogP contribution in [0.4, 0.5) is 11.4 Å². The number of nitrogens with two attached hydrogens (primary N) is 2. The largest absolute Gasteiger partial charge is 0.398 e. The first-order valence-corrected chi connectivity index (χ1v) is 7.26. The Morgan fingerprint density at radius 3 is 1.35 bits per heavy atom. The lowest BCUT2D eigenvalue weighted by atomic mass is 9.93. The molecule has 0 saturated heterocycles. The molecule has 0 radical (unpaired) electrons. The van der Waals surface area contributed by atoms with E-state index in [2.05, 4.69) is 52.0 Å². The maximum Gasteiger partial charge on any atom is 0.0376 e. The van der Waals surface area contributed by atoms with Gasteiger partial charge in [-0.15, -0.1) is 0 Å². The van der Waals surface area contributed by atoms with Crippen LogP contribution < -0.4 is 11.5 Å². The fraction of sp³-hybridized carbons (Fsp3) is 0.333. The summed E-state index contributed by atoms with van der Waals surface area (Å²) in [4.78, 5) is 0. The van der Waals surface area contributed by atoms with Crippen molar-refractivity contribution < 1.29 is 0 Å². The molecule has 2 rings (SSSR count). The van der Waals surface area contributed by atoms with Crippen molar-refractivity contribution in [3.63, 3.8) is 0 Å². The van der Waals surface area contributed by atoms with Gasteiger partial charge in [0.05, 0.1) is 0 Å².